The lowest BCUT2D eigenvalue weighted by Crippen LogP contribution is -2.36. The SMILES string of the molecule is CC(C)(C)OC(=O)NS(=O)(=O)c1ccc(OC(=O)NCc2cn3cc(C4CC4)ccc3n2)cc1[N+](=O)[O-]. The summed E-state index contributed by atoms with van der Waals surface area (Å²) in [6.45, 7) is 4.61. The molecule has 13 nitrogen and oxygen atoms in total. The van der Waals surface area contributed by atoms with Crippen LogP contribution < -0.4 is 14.8 Å². The minimum absolute atomic E-state index is 0.0354. The number of nitrogens with one attached hydrogen (secondary N) is 2. The molecule has 1 saturated carbocycles. The molecular formula is C23H25N5O8S. The van der Waals surface area contributed by atoms with E-state index in [4.69, 9.17) is 9.47 Å². The zero-order chi connectivity index (χ0) is 27.0. The summed E-state index contributed by atoms with van der Waals surface area (Å²) < 4.78 is 38.5. The third-order valence-electron chi connectivity index (χ3n) is 5.23. The van der Waals surface area contributed by atoms with E-state index in [0.29, 0.717) is 11.6 Å². The van der Waals surface area contributed by atoms with Gasteiger partial charge in [-0.25, -0.2) is 27.7 Å². The molecule has 4 rings (SSSR count). The van der Waals surface area contributed by atoms with E-state index in [9.17, 15) is 28.1 Å². The van der Waals surface area contributed by atoms with Gasteiger partial charge in [0.05, 0.1) is 23.2 Å². The first-order valence-electron chi connectivity index (χ1n) is 11.3. The maximum atomic E-state index is 12.5. The van der Waals surface area contributed by atoms with Gasteiger partial charge >= 0.3 is 12.2 Å². The van der Waals surface area contributed by atoms with Gasteiger partial charge in [0.2, 0.25) is 0 Å². The Labute approximate surface area is 212 Å². The molecule has 196 valence electrons. The number of nitro groups is 1. The van der Waals surface area contributed by atoms with Gasteiger partial charge in [0, 0.05) is 12.4 Å². The van der Waals surface area contributed by atoms with Crippen LogP contribution in [0.4, 0.5) is 15.3 Å². The van der Waals surface area contributed by atoms with E-state index >= 15 is 0 Å². The smallest absolute Gasteiger partial charge is 0.421 e. The minimum atomic E-state index is -4.65. The van der Waals surface area contributed by atoms with Crippen LogP contribution in [0.25, 0.3) is 5.65 Å². The number of amides is 2. The molecule has 14 heteroatoms. The second-order valence-electron chi connectivity index (χ2n) is 9.47. The van der Waals surface area contributed by atoms with Crippen molar-refractivity contribution in [2.24, 2.45) is 0 Å². The van der Waals surface area contributed by atoms with Crippen LogP contribution in [0.1, 0.15) is 50.8 Å². The molecule has 2 amide bonds. The number of fused-ring (bicyclic) bond motifs is 1. The second-order valence-corrected chi connectivity index (χ2v) is 11.1. The number of benzene rings is 1. The number of hydrogen-bond donors (Lipinski definition) is 2. The molecule has 3 aromatic rings. The van der Waals surface area contributed by atoms with Crippen molar-refractivity contribution in [1.82, 2.24) is 19.4 Å². The molecule has 0 bridgehead atoms. The lowest BCUT2D eigenvalue weighted by molar-refractivity contribution is -0.387. The lowest BCUT2D eigenvalue weighted by Gasteiger charge is -2.19. The van der Waals surface area contributed by atoms with Gasteiger partial charge < -0.3 is 19.2 Å². The van der Waals surface area contributed by atoms with Crippen molar-refractivity contribution >= 4 is 33.5 Å². The fourth-order valence-electron chi connectivity index (χ4n) is 3.50. The van der Waals surface area contributed by atoms with Gasteiger partial charge in [-0.3, -0.25) is 10.1 Å². The van der Waals surface area contributed by atoms with Crippen molar-refractivity contribution in [3.05, 3.63) is 64.1 Å². The molecule has 1 aromatic carbocycles. The van der Waals surface area contributed by atoms with Gasteiger partial charge in [-0.2, -0.15) is 0 Å². The zero-order valence-electron chi connectivity index (χ0n) is 20.3. The number of nitro benzene ring substituents is 1. The molecule has 0 unspecified atom stereocenters. The van der Waals surface area contributed by atoms with E-state index in [1.165, 1.54) is 39.2 Å². The number of pyridine rings is 1. The van der Waals surface area contributed by atoms with Crippen LogP contribution >= 0.6 is 0 Å². The van der Waals surface area contributed by atoms with Crippen molar-refractivity contribution < 1.29 is 32.4 Å². The van der Waals surface area contributed by atoms with Crippen molar-refractivity contribution in [3.63, 3.8) is 0 Å². The third kappa shape index (κ3) is 6.52. The number of imidazole rings is 1. The van der Waals surface area contributed by atoms with E-state index in [0.717, 1.165) is 23.8 Å². The maximum absolute atomic E-state index is 12.5. The topological polar surface area (TPSA) is 171 Å². The largest absolute Gasteiger partial charge is 0.443 e. The van der Waals surface area contributed by atoms with Gasteiger partial charge in [0.1, 0.15) is 17.0 Å². The average Bonchev–Trinajstić information content (AvgIpc) is 3.55. The summed E-state index contributed by atoms with van der Waals surface area (Å²) in [5.74, 6) is 0.311. The Morgan fingerprint density at radius 2 is 1.89 bits per heavy atom. The first kappa shape index (κ1) is 25.9. The maximum Gasteiger partial charge on any atom is 0.421 e. The Balaban J connectivity index is 1.42. The molecular weight excluding hydrogens is 506 g/mol. The predicted octanol–water partition coefficient (Wildman–Crippen LogP) is 3.62. The summed E-state index contributed by atoms with van der Waals surface area (Å²) >= 11 is 0. The van der Waals surface area contributed by atoms with E-state index in [-0.39, 0.29) is 12.3 Å². The molecule has 1 fully saturated rings. The Kier molecular flexibility index (Phi) is 6.78. The monoisotopic (exact) mass is 531 g/mol. The number of sulfonamides is 1. The number of carbonyl (C=O) groups is 2. The van der Waals surface area contributed by atoms with Gasteiger partial charge in [-0.05, 0) is 63.3 Å². The number of rotatable bonds is 7. The highest BCUT2D eigenvalue weighted by atomic mass is 32.2. The molecule has 0 aliphatic heterocycles. The van der Waals surface area contributed by atoms with Crippen molar-refractivity contribution in [2.45, 2.75) is 56.6 Å². The van der Waals surface area contributed by atoms with Crippen molar-refractivity contribution in [1.29, 1.82) is 0 Å². The van der Waals surface area contributed by atoms with E-state index in [2.05, 4.69) is 10.3 Å². The highest BCUT2D eigenvalue weighted by Gasteiger charge is 2.30. The Hall–Kier alpha value is -4.20. The Morgan fingerprint density at radius 1 is 1.16 bits per heavy atom. The summed E-state index contributed by atoms with van der Waals surface area (Å²) in [6, 6.07) is 6.62. The standard InChI is InChI=1S/C23H25N5O8S/c1-23(2,3)36-22(30)26-37(33,34)19-8-7-17(10-18(19)28(31)32)35-21(29)24-11-16-13-27-12-15(14-4-5-14)6-9-20(27)25-16/h6-10,12-14H,4-5,11H2,1-3H3,(H,24,29)(H,26,30). The molecule has 37 heavy (non-hydrogen) atoms. The zero-order valence-corrected chi connectivity index (χ0v) is 21.1. The third-order valence-corrected chi connectivity index (χ3v) is 6.59. The van der Waals surface area contributed by atoms with E-state index < -0.39 is 43.3 Å². The quantitative estimate of drug-likeness (QED) is 0.341. The van der Waals surface area contributed by atoms with Crippen LogP contribution in [0, 0.1) is 10.1 Å². The predicted molar refractivity (Wildman–Crippen MR) is 130 cm³/mol. The minimum Gasteiger partial charge on any atom is -0.443 e. The molecule has 1 aliphatic rings. The number of aromatic nitrogens is 2. The molecule has 0 saturated heterocycles. The highest BCUT2D eigenvalue weighted by Crippen LogP contribution is 2.39. The summed E-state index contributed by atoms with van der Waals surface area (Å²) in [4.78, 5) is 38.3. The first-order chi connectivity index (χ1) is 17.3. The number of hydrogen-bond acceptors (Lipinski definition) is 9. The van der Waals surface area contributed by atoms with Gasteiger partial charge in [0.25, 0.3) is 15.7 Å². The van der Waals surface area contributed by atoms with E-state index in [1.54, 1.807) is 10.9 Å². The number of nitrogens with zero attached hydrogens (tertiary/aromatic N) is 3. The Morgan fingerprint density at radius 3 is 2.54 bits per heavy atom. The molecule has 2 aromatic heterocycles. The molecule has 1 aliphatic carbocycles. The highest BCUT2D eigenvalue weighted by molar-refractivity contribution is 7.90. The number of carbonyl (C=O) groups excluding carboxylic acids is 2. The van der Waals surface area contributed by atoms with Crippen LogP contribution in [0.15, 0.2) is 47.6 Å². The van der Waals surface area contributed by atoms with E-state index in [1.807, 2.05) is 22.7 Å². The molecule has 0 radical (unpaired) electrons. The summed E-state index contributed by atoms with van der Waals surface area (Å²) in [5.41, 5.74) is 0.650. The molecule has 0 atom stereocenters. The molecule has 0 spiro atoms. The van der Waals surface area contributed by atoms with Crippen LogP contribution in [-0.4, -0.2) is 40.5 Å². The summed E-state index contributed by atoms with van der Waals surface area (Å²) in [7, 11) is -4.65. The van der Waals surface area contributed by atoms with Gasteiger partial charge in [-0.1, -0.05) is 6.07 Å². The molecule has 2 N–H and O–H groups in total. The van der Waals surface area contributed by atoms with Crippen molar-refractivity contribution in [2.75, 3.05) is 0 Å². The average molecular weight is 532 g/mol. The summed E-state index contributed by atoms with van der Waals surface area (Å²) in [6.07, 6.45) is 3.92. The summed E-state index contributed by atoms with van der Waals surface area (Å²) in [5, 5.41) is 14.0. The molecule has 2 heterocycles. The second kappa shape index (κ2) is 9.69. The van der Waals surface area contributed by atoms with Gasteiger partial charge in [0.15, 0.2) is 4.90 Å². The van der Waals surface area contributed by atoms with Crippen LogP contribution in [0.3, 0.4) is 0 Å². The number of ether oxygens (including phenoxy) is 2. The normalized spacial score (nSPS) is 13.7. The van der Waals surface area contributed by atoms with Crippen molar-refractivity contribution in [3.8, 4) is 5.75 Å². The first-order valence-corrected chi connectivity index (χ1v) is 12.8. The van der Waals surface area contributed by atoms with Crippen LogP contribution in [0.2, 0.25) is 0 Å². The van der Waals surface area contributed by atoms with Gasteiger partial charge in [-0.15, -0.1) is 0 Å². The lowest BCUT2D eigenvalue weighted by atomic mass is 10.2. The van der Waals surface area contributed by atoms with Crippen LogP contribution in [0.5, 0.6) is 5.75 Å². The fraction of sp³-hybridized carbons (Fsp3) is 0.348. The fourth-order valence-corrected chi connectivity index (χ4v) is 4.53. The Bertz CT molecular complexity index is 1490. The van der Waals surface area contributed by atoms with Crippen LogP contribution in [-0.2, 0) is 21.3 Å².